The molecule has 0 unspecified atom stereocenters. The summed E-state index contributed by atoms with van der Waals surface area (Å²) in [6.07, 6.45) is 5.66. The molecule has 0 fully saturated rings. The number of hydrogen-bond donors (Lipinski definition) is 0. The lowest BCUT2D eigenvalue weighted by atomic mass is 9.94. The van der Waals surface area contributed by atoms with E-state index >= 15 is 0 Å². The van der Waals surface area contributed by atoms with E-state index in [-0.39, 0.29) is 5.63 Å². The van der Waals surface area contributed by atoms with E-state index in [0.29, 0.717) is 16.9 Å². The summed E-state index contributed by atoms with van der Waals surface area (Å²) in [5.74, 6) is 0.680. The second-order valence-corrected chi connectivity index (χ2v) is 6.65. The lowest BCUT2D eigenvalue weighted by molar-refractivity contribution is 0.414. The van der Waals surface area contributed by atoms with E-state index in [2.05, 4.69) is 32.0 Å². The van der Waals surface area contributed by atoms with Gasteiger partial charge in [-0.3, -0.25) is 0 Å². The molecule has 1 aromatic heterocycles. The molecule has 0 aliphatic carbocycles. The van der Waals surface area contributed by atoms with Crippen molar-refractivity contribution in [1.29, 1.82) is 0 Å². The molecule has 0 N–H and O–H groups in total. The minimum atomic E-state index is -0.306. The molecule has 0 amide bonds. The average molecular weight is 350 g/mol. The molecule has 3 aromatic rings. The number of ether oxygens (including phenoxy) is 1. The van der Waals surface area contributed by atoms with Crippen LogP contribution in [0.3, 0.4) is 0 Å². The second kappa shape index (κ2) is 8.22. The fourth-order valence-corrected chi connectivity index (χ4v) is 3.34. The van der Waals surface area contributed by atoms with Gasteiger partial charge < -0.3 is 9.15 Å². The monoisotopic (exact) mass is 350 g/mol. The summed E-state index contributed by atoms with van der Waals surface area (Å²) in [6.45, 7) is 4.34. The van der Waals surface area contributed by atoms with E-state index in [1.807, 2.05) is 18.2 Å². The highest BCUT2D eigenvalue weighted by atomic mass is 16.5. The number of rotatable bonds is 7. The van der Waals surface area contributed by atoms with Crippen molar-refractivity contribution in [3.05, 3.63) is 64.0 Å². The lowest BCUT2D eigenvalue weighted by Gasteiger charge is -2.11. The van der Waals surface area contributed by atoms with Gasteiger partial charge in [0.2, 0.25) is 0 Å². The maximum Gasteiger partial charge on any atom is 0.344 e. The first-order valence-electron chi connectivity index (χ1n) is 9.40. The molecule has 0 spiro atoms. The van der Waals surface area contributed by atoms with Gasteiger partial charge in [-0.25, -0.2) is 4.79 Å². The van der Waals surface area contributed by atoms with Crippen LogP contribution >= 0.6 is 0 Å². The summed E-state index contributed by atoms with van der Waals surface area (Å²) in [5.41, 5.74) is 4.37. The molecule has 0 saturated heterocycles. The van der Waals surface area contributed by atoms with Crippen LogP contribution in [0.4, 0.5) is 0 Å². The molecule has 0 aliphatic heterocycles. The van der Waals surface area contributed by atoms with E-state index in [9.17, 15) is 4.79 Å². The number of aryl methyl sites for hydroxylation is 2. The highest BCUT2D eigenvalue weighted by Gasteiger charge is 2.12. The molecule has 136 valence electrons. The zero-order valence-electron chi connectivity index (χ0n) is 15.8. The average Bonchev–Trinajstić information content (AvgIpc) is 2.67. The maximum atomic E-state index is 12.6. The smallest absolute Gasteiger partial charge is 0.344 e. The first kappa shape index (κ1) is 18.2. The summed E-state index contributed by atoms with van der Waals surface area (Å²) in [5, 5.41) is 0.898. The third-order valence-electron chi connectivity index (χ3n) is 4.85. The molecule has 2 aromatic carbocycles. The standard InChI is InChI=1S/C23H26O3/c1-4-6-7-8-16-9-12-20(17(5-2)13-16)21-14-18-10-11-19(25-3)15-22(18)26-23(21)24/h9-15H,4-8H2,1-3H3. The fourth-order valence-electron chi connectivity index (χ4n) is 3.34. The van der Waals surface area contributed by atoms with Gasteiger partial charge in [0.15, 0.2) is 0 Å². The fraction of sp³-hybridized carbons (Fsp3) is 0.348. The number of benzene rings is 2. The zero-order valence-corrected chi connectivity index (χ0v) is 15.8. The zero-order chi connectivity index (χ0) is 18.5. The van der Waals surface area contributed by atoms with Crippen LogP contribution in [-0.2, 0) is 12.8 Å². The highest BCUT2D eigenvalue weighted by Crippen LogP contribution is 2.28. The molecular formula is C23H26O3. The van der Waals surface area contributed by atoms with Gasteiger partial charge in [0.25, 0.3) is 0 Å². The first-order valence-corrected chi connectivity index (χ1v) is 9.40. The van der Waals surface area contributed by atoms with E-state index in [1.165, 1.54) is 30.4 Å². The highest BCUT2D eigenvalue weighted by molar-refractivity contribution is 5.83. The molecule has 0 aliphatic rings. The van der Waals surface area contributed by atoms with Gasteiger partial charge in [-0.15, -0.1) is 0 Å². The van der Waals surface area contributed by atoms with Crippen molar-refractivity contribution in [2.45, 2.75) is 46.0 Å². The Morgan fingerprint density at radius 3 is 2.54 bits per heavy atom. The van der Waals surface area contributed by atoms with Gasteiger partial charge in [-0.2, -0.15) is 0 Å². The molecule has 3 nitrogen and oxygen atoms in total. The van der Waals surface area contributed by atoms with Gasteiger partial charge in [-0.05, 0) is 54.2 Å². The van der Waals surface area contributed by atoms with Crippen LogP contribution in [0.25, 0.3) is 22.1 Å². The number of unbranched alkanes of at least 4 members (excludes halogenated alkanes) is 2. The number of hydrogen-bond acceptors (Lipinski definition) is 3. The molecule has 0 saturated carbocycles. The van der Waals surface area contributed by atoms with Crippen LogP contribution in [0.5, 0.6) is 5.75 Å². The predicted molar refractivity (Wildman–Crippen MR) is 107 cm³/mol. The van der Waals surface area contributed by atoms with Crippen molar-refractivity contribution in [3.8, 4) is 16.9 Å². The third-order valence-corrected chi connectivity index (χ3v) is 4.85. The Kier molecular flexibility index (Phi) is 5.77. The molecule has 1 heterocycles. The molecule has 0 radical (unpaired) electrons. The topological polar surface area (TPSA) is 39.4 Å². The summed E-state index contributed by atoms with van der Waals surface area (Å²) in [6, 6.07) is 13.9. The normalized spacial score (nSPS) is 11.0. The summed E-state index contributed by atoms with van der Waals surface area (Å²) >= 11 is 0. The Morgan fingerprint density at radius 2 is 1.81 bits per heavy atom. The van der Waals surface area contributed by atoms with Gasteiger partial charge in [0.05, 0.1) is 12.7 Å². The molecule has 0 bridgehead atoms. The summed E-state index contributed by atoms with van der Waals surface area (Å²) in [7, 11) is 1.60. The van der Waals surface area contributed by atoms with Crippen LogP contribution in [0.1, 0.15) is 44.2 Å². The minimum Gasteiger partial charge on any atom is -0.497 e. The number of methoxy groups -OCH3 is 1. The van der Waals surface area contributed by atoms with Crippen molar-refractivity contribution < 1.29 is 9.15 Å². The first-order chi connectivity index (χ1) is 12.7. The van der Waals surface area contributed by atoms with E-state index in [0.717, 1.165) is 23.8 Å². The Balaban J connectivity index is 2.02. The molecule has 3 heteroatoms. The Hall–Kier alpha value is -2.55. The van der Waals surface area contributed by atoms with Crippen LogP contribution in [0.2, 0.25) is 0 Å². The van der Waals surface area contributed by atoms with E-state index in [1.54, 1.807) is 13.2 Å². The van der Waals surface area contributed by atoms with Crippen LogP contribution in [0.15, 0.2) is 51.7 Å². The van der Waals surface area contributed by atoms with Crippen LogP contribution < -0.4 is 10.4 Å². The van der Waals surface area contributed by atoms with Gasteiger partial charge >= 0.3 is 5.63 Å². The summed E-state index contributed by atoms with van der Waals surface area (Å²) < 4.78 is 10.8. The lowest BCUT2D eigenvalue weighted by Crippen LogP contribution is -2.05. The van der Waals surface area contributed by atoms with E-state index in [4.69, 9.17) is 9.15 Å². The second-order valence-electron chi connectivity index (χ2n) is 6.65. The van der Waals surface area contributed by atoms with Gasteiger partial charge in [0, 0.05) is 11.5 Å². The van der Waals surface area contributed by atoms with Crippen molar-refractivity contribution in [2.24, 2.45) is 0 Å². The Morgan fingerprint density at radius 1 is 0.962 bits per heavy atom. The van der Waals surface area contributed by atoms with Crippen molar-refractivity contribution in [2.75, 3.05) is 7.11 Å². The SMILES string of the molecule is CCCCCc1ccc(-c2cc3ccc(OC)cc3oc2=O)c(CC)c1. The molecule has 0 atom stereocenters. The van der Waals surface area contributed by atoms with Crippen molar-refractivity contribution in [1.82, 2.24) is 0 Å². The van der Waals surface area contributed by atoms with Gasteiger partial charge in [-0.1, -0.05) is 44.9 Å². The van der Waals surface area contributed by atoms with Crippen molar-refractivity contribution >= 4 is 11.0 Å². The Bertz CT molecular complexity index is 953. The third kappa shape index (κ3) is 3.82. The minimum absolute atomic E-state index is 0.306. The van der Waals surface area contributed by atoms with Crippen LogP contribution in [0, 0.1) is 0 Å². The predicted octanol–water partition coefficient (Wildman–Crippen LogP) is 5.76. The number of fused-ring (bicyclic) bond motifs is 1. The van der Waals surface area contributed by atoms with Gasteiger partial charge in [0.1, 0.15) is 11.3 Å². The largest absolute Gasteiger partial charge is 0.497 e. The van der Waals surface area contributed by atoms with Crippen molar-refractivity contribution in [3.63, 3.8) is 0 Å². The molecule has 3 rings (SSSR count). The quantitative estimate of drug-likeness (QED) is 0.401. The Labute approximate surface area is 154 Å². The maximum absolute atomic E-state index is 12.6. The van der Waals surface area contributed by atoms with E-state index < -0.39 is 0 Å². The molecule has 26 heavy (non-hydrogen) atoms. The van der Waals surface area contributed by atoms with Crippen LogP contribution in [-0.4, -0.2) is 7.11 Å². The summed E-state index contributed by atoms with van der Waals surface area (Å²) in [4.78, 5) is 12.6. The molecular weight excluding hydrogens is 324 g/mol.